The summed E-state index contributed by atoms with van der Waals surface area (Å²) in [4.78, 5) is 41.3. The maximum absolute atomic E-state index is 13.0. The van der Waals surface area contributed by atoms with Crippen LogP contribution in [0.3, 0.4) is 0 Å². The van der Waals surface area contributed by atoms with Crippen molar-refractivity contribution in [1.29, 1.82) is 0 Å². The number of hydrogen-bond donors (Lipinski definition) is 3. The van der Waals surface area contributed by atoms with E-state index in [0.29, 0.717) is 23.2 Å². The molecule has 3 rings (SSSR count). The summed E-state index contributed by atoms with van der Waals surface area (Å²) in [6, 6.07) is 0.652. The topological polar surface area (TPSA) is 136 Å². The van der Waals surface area contributed by atoms with E-state index in [1.54, 1.807) is 14.0 Å². The molecule has 4 N–H and O–H groups in total. The second-order valence-corrected chi connectivity index (χ2v) is 8.68. The number of rotatable bonds is 8. The molecule has 3 aromatic rings. The van der Waals surface area contributed by atoms with Gasteiger partial charge in [-0.15, -0.1) is 11.3 Å². The van der Waals surface area contributed by atoms with E-state index in [0.717, 1.165) is 17.5 Å². The van der Waals surface area contributed by atoms with Crippen molar-refractivity contribution in [2.45, 2.75) is 32.0 Å². The van der Waals surface area contributed by atoms with E-state index < -0.39 is 22.7 Å². The Hall–Kier alpha value is -3.16. The summed E-state index contributed by atoms with van der Waals surface area (Å²) < 4.78 is 39.1. The highest BCUT2D eigenvalue weighted by molar-refractivity contribution is 7.13. The highest BCUT2D eigenvalue weighted by Crippen LogP contribution is 2.35. The van der Waals surface area contributed by atoms with E-state index in [-0.39, 0.29) is 40.3 Å². The molecule has 0 fully saturated rings. The number of anilines is 2. The molecular weight excluding hydrogens is 495 g/mol. The first-order valence-corrected chi connectivity index (χ1v) is 11.0. The molecule has 0 radical (unpaired) electrons. The summed E-state index contributed by atoms with van der Waals surface area (Å²) in [7, 11) is 1.70. The molecule has 0 saturated heterocycles. The number of hydrogen-bond acceptors (Lipinski definition) is 9. The Kier molecular flexibility index (Phi) is 7.79. The monoisotopic (exact) mass is 513 g/mol. The van der Waals surface area contributed by atoms with Crippen LogP contribution in [0.1, 0.15) is 55.6 Å². The fourth-order valence-electron chi connectivity index (χ4n) is 3.00. The number of aromatic nitrogens is 4. The second kappa shape index (κ2) is 10.4. The van der Waals surface area contributed by atoms with Crippen molar-refractivity contribution in [1.82, 2.24) is 25.3 Å². The molecule has 0 bridgehead atoms. The van der Waals surface area contributed by atoms with E-state index >= 15 is 0 Å². The summed E-state index contributed by atoms with van der Waals surface area (Å²) in [5.74, 6) is -1.41. The van der Waals surface area contributed by atoms with E-state index in [4.69, 9.17) is 17.3 Å². The van der Waals surface area contributed by atoms with Crippen molar-refractivity contribution >= 4 is 46.3 Å². The number of nitrogen functional groups attached to an aromatic ring is 1. The zero-order valence-electron chi connectivity index (χ0n) is 17.9. The molecule has 180 valence electrons. The summed E-state index contributed by atoms with van der Waals surface area (Å²) >= 11 is 6.56. The lowest BCUT2D eigenvalue weighted by Crippen LogP contribution is -2.17. The lowest BCUT2D eigenvalue weighted by Gasteiger charge is -2.11. The van der Waals surface area contributed by atoms with Crippen LogP contribution in [0.15, 0.2) is 24.8 Å². The Balaban J connectivity index is 1.71. The van der Waals surface area contributed by atoms with Crippen LogP contribution >= 0.6 is 22.9 Å². The van der Waals surface area contributed by atoms with Crippen molar-refractivity contribution in [3.63, 3.8) is 0 Å². The molecule has 34 heavy (non-hydrogen) atoms. The maximum Gasteiger partial charge on any atom is 0.418 e. The van der Waals surface area contributed by atoms with Gasteiger partial charge >= 0.3 is 6.18 Å². The van der Waals surface area contributed by atoms with Gasteiger partial charge in [0.05, 0.1) is 21.8 Å². The summed E-state index contributed by atoms with van der Waals surface area (Å²) in [6.07, 6.45) is -1.33. The van der Waals surface area contributed by atoms with Crippen molar-refractivity contribution in [2.75, 3.05) is 18.1 Å². The van der Waals surface area contributed by atoms with Crippen LogP contribution in [-0.2, 0) is 12.7 Å². The fraction of sp³-hybridized carbons (Fsp3) is 0.300. The molecule has 3 heterocycles. The molecule has 0 aliphatic rings. The summed E-state index contributed by atoms with van der Waals surface area (Å²) in [6.45, 7) is 2.08. The van der Waals surface area contributed by atoms with Crippen LogP contribution in [0, 0.1) is 0 Å². The molecule has 0 saturated carbocycles. The SMILES string of the molecule is CNCc1c(N)ncnc1C(=O)CC(C)c1ncc(C(=O)Nc2cc(C(F)(F)F)c(Cl)cn2)s1. The smallest absolute Gasteiger partial charge is 0.383 e. The zero-order chi connectivity index (χ0) is 25.0. The molecule has 9 nitrogen and oxygen atoms in total. The molecule has 14 heteroatoms. The second-order valence-electron chi connectivity index (χ2n) is 7.21. The molecule has 3 aromatic heterocycles. The summed E-state index contributed by atoms with van der Waals surface area (Å²) in [5, 5.41) is 5.13. The van der Waals surface area contributed by atoms with E-state index in [1.165, 1.54) is 12.5 Å². The van der Waals surface area contributed by atoms with Gasteiger partial charge in [0, 0.05) is 30.6 Å². The highest BCUT2D eigenvalue weighted by Gasteiger charge is 2.34. The molecule has 1 atom stereocenters. The number of alkyl halides is 3. The lowest BCUT2D eigenvalue weighted by molar-refractivity contribution is -0.137. The van der Waals surface area contributed by atoms with Gasteiger partial charge in [-0.05, 0) is 13.1 Å². The van der Waals surface area contributed by atoms with Crippen LogP contribution < -0.4 is 16.4 Å². The summed E-state index contributed by atoms with van der Waals surface area (Å²) in [5.41, 5.74) is 5.45. The predicted octanol–water partition coefficient (Wildman–Crippen LogP) is 3.93. The number of carbonyl (C=O) groups is 2. The maximum atomic E-state index is 13.0. The number of halogens is 4. The van der Waals surface area contributed by atoms with Gasteiger partial charge in [-0.25, -0.2) is 19.9 Å². The van der Waals surface area contributed by atoms with Crippen molar-refractivity contribution in [3.8, 4) is 0 Å². The minimum absolute atomic E-state index is 0.0510. The van der Waals surface area contributed by atoms with Gasteiger partial charge in [0.1, 0.15) is 28.5 Å². The predicted molar refractivity (Wildman–Crippen MR) is 121 cm³/mol. The lowest BCUT2D eigenvalue weighted by atomic mass is 10.0. The average Bonchev–Trinajstić information content (AvgIpc) is 3.26. The van der Waals surface area contributed by atoms with Gasteiger partial charge in [-0.2, -0.15) is 13.2 Å². The average molecular weight is 514 g/mol. The van der Waals surface area contributed by atoms with Crippen LogP contribution in [0.2, 0.25) is 5.02 Å². The molecule has 1 unspecified atom stereocenters. The number of pyridine rings is 1. The minimum Gasteiger partial charge on any atom is -0.383 e. The number of nitrogens with one attached hydrogen (secondary N) is 2. The molecule has 0 spiro atoms. The Morgan fingerprint density at radius 3 is 2.62 bits per heavy atom. The number of carbonyl (C=O) groups excluding carboxylic acids is 2. The first-order chi connectivity index (χ1) is 16.0. The Morgan fingerprint density at radius 2 is 1.94 bits per heavy atom. The van der Waals surface area contributed by atoms with Crippen LogP contribution in [0.5, 0.6) is 0 Å². The Labute approximate surface area is 201 Å². The van der Waals surface area contributed by atoms with Gasteiger partial charge in [-0.1, -0.05) is 18.5 Å². The molecule has 0 aliphatic heterocycles. The third kappa shape index (κ3) is 5.85. The van der Waals surface area contributed by atoms with Crippen LogP contribution in [-0.4, -0.2) is 38.7 Å². The van der Waals surface area contributed by atoms with Gasteiger partial charge in [0.2, 0.25) is 0 Å². The minimum atomic E-state index is -4.69. The van der Waals surface area contributed by atoms with Crippen molar-refractivity contribution in [2.24, 2.45) is 0 Å². The number of Topliss-reactive ketones (excluding diaryl/α,β-unsaturated/α-hetero) is 1. The normalized spacial score (nSPS) is 12.4. The number of amides is 1. The van der Waals surface area contributed by atoms with Crippen LogP contribution in [0.4, 0.5) is 24.8 Å². The Morgan fingerprint density at radius 1 is 1.21 bits per heavy atom. The first kappa shape index (κ1) is 25.5. The molecular formula is C20H19ClF3N7O2S. The first-order valence-electron chi connectivity index (χ1n) is 9.78. The third-order valence-corrected chi connectivity index (χ3v) is 6.19. The van der Waals surface area contributed by atoms with E-state index in [1.807, 2.05) is 0 Å². The fourth-order valence-corrected chi connectivity index (χ4v) is 4.08. The molecule has 0 aromatic carbocycles. The third-order valence-electron chi connectivity index (χ3n) is 4.66. The van der Waals surface area contributed by atoms with E-state index in [9.17, 15) is 22.8 Å². The number of thiazole rings is 1. The standard InChI is InChI=1S/C20H19ClF3N7O2S/c1-9(3-13(32)16-10(5-26-2)17(25)30-8-29-16)19-28-7-14(34-19)18(33)31-15-4-11(20(22,23)24)12(21)6-27-15/h4,6-9,26H,3,5H2,1-2H3,(H2,25,29,30)(H,27,31,33). The number of ketones is 1. The Bertz CT molecular complexity index is 1220. The van der Waals surface area contributed by atoms with Gasteiger partial charge in [0.25, 0.3) is 5.91 Å². The molecule has 1 amide bonds. The van der Waals surface area contributed by atoms with Gasteiger partial charge in [-0.3, -0.25) is 9.59 Å². The van der Waals surface area contributed by atoms with Crippen molar-refractivity contribution in [3.05, 3.63) is 56.5 Å². The van der Waals surface area contributed by atoms with E-state index in [2.05, 4.69) is 30.6 Å². The van der Waals surface area contributed by atoms with Crippen LogP contribution in [0.25, 0.3) is 0 Å². The van der Waals surface area contributed by atoms with Gasteiger partial charge in [0.15, 0.2) is 5.78 Å². The number of nitrogens with zero attached hydrogens (tertiary/aromatic N) is 4. The van der Waals surface area contributed by atoms with Gasteiger partial charge < -0.3 is 16.4 Å². The molecule has 0 aliphatic carbocycles. The largest absolute Gasteiger partial charge is 0.418 e. The quantitative estimate of drug-likeness (QED) is 0.385. The highest BCUT2D eigenvalue weighted by atomic mass is 35.5. The zero-order valence-corrected chi connectivity index (χ0v) is 19.5. The number of nitrogens with two attached hydrogens (primary N) is 1. The van der Waals surface area contributed by atoms with Crippen molar-refractivity contribution < 1.29 is 22.8 Å².